The van der Waals surface area contributed by atoms with Crippen LogP contribution in [0.3, 0.4) is 0 Å². The third-order valence-corrected chi connectivity index (χ3v) is 4.33. The predicted molar refractivity (Wildman–Crippen MR) is 88.6 cm³/mol. The van der Waals surface area contributed by atoms with Crippen LogP contribution in [0, 0.1) is 12.8 Å². The van der Waals surface area contributed by atoms with Gasteiger partial charge in [-0.15, -0.1) is 0 Å². The first-order valence-electron chi connectivity index (χ1n) is 8.24. The average Bonchev–Trinajstić information content (AvgIpc) is 2.92. The molecule has 1 aliphatic rings. The minimum absolute atomic E-state index is 0.437. The Labute approximate surface area is 129 Å². The van der Waals surface area contributed by atoms with Gasteiger partial charge in [0.05, 0.1) is 6.61 Å². The zero-order valence-electron chi connectivity index (χ0n) is 13.8. The van der Waals surface area contributed by atoms with E-state index in [2.05, 4.69) is 48.3 Å². The second-order valence-electron chi connectivity index (χ2n) is 6.29. The van der Waals surface area contributed by atoms with Gasteiger partial charge in [0.25, 0.3) is 0 Å². The van der Waals surface area contributed by atoms with Crippen molar-refractivity contribution in [2.24, 2.45) is 5.92 Å². The van der Waals surface area contributed by atoms with Gasteiger partial charge < -0.3 is 15.0 Å². The molecule has 2 rings (SSSR count). The smallest absolute Gasteiger partial charge is 0.0503 e. The van der Waals surface area contributed by atoms with Crippen LogP contribution in [0.25, 0.3) is 0 Å². The summed E-state index contributed by atoms with van der Waals surface area (Å²) < 4.78 is 5.30. The van der Waals surface area contributed by atoms with Crippen LogP contribution < -0.4 is 5.32 Å². The third-order valence-electron chi connectivity index (χ3n) is 4.33. The van der Waals surface area contributed by atoms with Gasteiger partial charge in [-0.25, -0.2) is 0 Å². The monoisotopic (exact) mass is 290 g/mol. The van der Waals surface area contributed by atoms with Crippen LogP contribution in [-0.4, -0.2) is 44.8 Å². The Balaban J connectivity index is 1.95. The molecule has 1 saturated heterocycles. The number of benzene rings is 1. The summed E-state index contributed by atoms with van der Waals surface area (Å²) >= 11 is 0. The van der Waals surface area contributed by atoms with Crippen LogP contribution in [0.1, 0.15) is 36.9 Å². The fourth-order valence-electron chi connectivity index (χ4n) is 3.11. The molecule has 0 radical (unpaired) electrons. The van der Waals surface area contributed by atoms with Crippen molar-refractivity contribution in [1.82, 2.24) is 10.2 Å². The van der Waals surface area contributed by atoms with E-state index < -0.39 is 0 Å². The first-order chi connectivity index (χ1) is 10.2. The molecule has 3 nitrogen and oxygen atoms in total. The maximum absolute atomic E-state index is 5.30. The van der Waals surface area contributed by atoms with Crippen molar-refractivity contribution in [3.63, 3.8) is 0 Å². The van der Waals surface area contributed by atoms with Crippen LogP contribution in [-0.2, 0) is 4.74 Å². The molecule has 1 heterocycles. The maximum Gasteiger partial charge on any atom is 0.0503 e. The molecule has 3 heteroatoms. The lowest BCUT2D eigenvalue weighted by molar-refractivity contribution is 0.152. The van der Waals surface area contributed by atoms with E-state index in [1.807, 2.05) is 0 Å². The highest BCUT2D eigenvalue weighted by Crippen LogP contribution is 2.21. The van der Waals surface area contributed by atoms with Crippen LogP contribution in [0.2, 0.25) is 0 Å². The van der Waals surface area contributed by atoms with Gasteiger partial charge in [-0.05, 0) is 44.3 Å². The summed E-state index contributed by atoms with van der Waals surface area (Å²) in [6.45, 7) is 9.82. The molecular weight excluding hydrogens is 260 g/mol. The summed E-state index contributed by atoms with van der Waals surface area (Å²) in [4.78, 5) is 2.58. The highest BCUT2D eigenvalue weighted by molar-refractivity contribution is 5.24. The lowest BCUT2D eigenvalue weighted by Crippen LogP contribution is -2.34. The number of hydrogen-bond donors (Lipinski definition) is 1. The third kappa shape index (κ3) is 5.10. The van der Waals surface area contributed by atoms with E-state index in [1.54, 1.807) is 7.11 Å². The van der Waals surface area contributed by atoms with Gasteiger partial charge in [-0.1, -0.05) is 36.8 Å². The first-order valence-corrected chi connectivity index (χ1v) is 8.24. The molecule has 1 aromatic carbocycles. The summed E-state index contributed by atoms with van der Waals surface area (Å²) in [7, 11) is 1.81. The minimum Gasteiger partial charge on any atom is -0.384 e. The Morgan fingerprint density at radius 1 is 1.33 bits per heavy atom. The van der Waals surface area contributed by atoms with E-state index in [4.69, 9.17) is 4.74 Å². The molecule has 1 aliphatic heterocycles. The molecule has 118 valence electrons. The van der Waals surface area contributed by atoms with Crippen molar-refractivity contribution in [2.45, 2.75) is 32.7 Å². The molecule has 1 N–H and O–H groups in total. The zero-order valence-corrected chi connectivity index (χ0v) is 13.8. The second-order valence-corrected chi connectivity index (χ2v) is 6.29. The molecule has 0 amide bonds. The number of ether oxygens (including phenoxy) is 1. The summed E-state index contributed by atoms with van der Waals surface area (Å²) in [6, 6.07) is 9.41. The van der Waals surface area contributed by atoms with Gasteiger partial charge in [-0.2, -0.15) is 0 Å². The Morgan fingerprint density at radius 3 is 2.76 bits per heavy atom. The fourth-order valence-corrected chi connectivity index (χ4v) is 3.11. The number of methoxy groups -OCH3 is 1. The molecule has 21 heavy (non-hydrogen) atoms. The van der Waals surface area contributed by atoms with Gasteiger partial charge in [0, 0.05) is 26.2 Å². The van der Waals surface area contributed by atoms with Crippen molar-refractivity contribution in [1.29, 1.82) is 0 Å². The zero-order chi connectivity index (χ0) is 15.1. The molecule has 1 aromatic rings. The molecule has 0 aromatic heterocycles. The number of hydrogen-bond acceptors (Lipinski definition) is 3. The van der Waals surface area contributed by atoms with E-state index >= 15 is 0 Å². The fraction of sp³-hybridized carbons (Fsp3) is 0.667. The number of aryl methyl sites for hydroxylation is 1. The summed E-state index contributed by atoms with van der Waals surface area (Å²) in [5, 5.41) is 3.71. The van der Waals surface area contributed by atoms with Crippen molar-refractivity contribution < 1.29 is 4.74 Å². The van der Waals surface area contributed by atoms with Gasteiger partial charge >= 0.3 is 0 Å². The van der Waals surface area contributed by atoms with Crippen molar-refractivity contribution in [3.8, 4) is 0 Å². The summed E-state index contributed by atoms with van der Waals surface area (Å²) in [6.07, 6.45) is 2.44. The molecule has 1 fully saturated rings. The van der Waals surface area contributed by atoms with Crippen LogP contribution in [0.15, 0.2) is 24.3 Å². The maximum atomic E-state index is 5.30. The van der Waals surface area contributed by atoms with Gasteiger partial charge in [0.2, 0.25) is 0 Å². The quantitative estimate of drug-likeness (QED) is 0.796. The number of nitrogens with zero attached hydrogens (tertiary/aromatic N) is 1. The van der Waals surface area contributed by atoms with Crippen molar-refractivity contribution in [2.75, 3.05) is 39.9 Å². The van der Waals surface area contributed by atoms with E-state index in [-0.39, 0.29) is 0 Å². The highest BCUT2D eigenvalue weighted by Gasteiger charge is 2.24. The number of likely N-dealkylation sites (tertiary alicyclic amines) is 1. The molecule has 0 spiro atoms. The standard InChI is InChI=1S/C18H30N2O/c1-4-10-19-18(17-7-5-15(2)6-8-17)13-20-11-9-16(12-20)14-21-3/h5-8,16,18-19H,4,9-14H2,1-3H3. The van der Waals surface area contributed by atoms with Gasteiger partial charge in [0.15, 0.2) is 0 Å². The van der Waals surface area contributed by atoms with Crippen LogP contribution in [0.5, 0.6) is 0 Å². The molecule has 2 unspecified atom stereocenters. The summed E-state index contributed by atoms with van der Waals surface area (Å²) in [5.41, 5.74) is 2.73. The van der Waals surface area contributed by atoms with E-state index in [0.717, 1.165) is 19.7 Å². The second kappa shape index (κ2) is 8.52. The van der Waals surface area contributed by atoms with Crippen molar-refractivity contribution >= 4 is 0 Å². The predicted octanol–water partition coefficient (Wildman–Crippen LogP) is 3.00. The van der Waals surface area contributed by atoms with Crippen LogP contribution in [0.4, 0.5) is 0 Å². The Kier molecular flexibility index (Phi) is 6.68. The van der Waals surface area contributed by atoms with E-state index in [1.165, 1.54) is 37.1 Å². The minimum atomic E-state index is 0.437. The van der Waals surface area contributed by atoms with Crippen molar-refractivity contribution in [3.05, 3.63) is 35.4 Å². The number of nitrogens with one attached hydrogen (secondary N) is 1. The Hall–Kier alpha value is -0.900. The van der Waals surface area contributed by atoms with E-state index in [0.29, 0.717) is 12.0 Å². The normalized spacial score (nSPS) is 20.8. The lowest BCUT2D eigenvalue weighted by atomic mass is 10.0. The lowest BCUT2D eigenvalue weighted by Gasteiger charge is -2.25. The molecule has 2 atom stereocenters. The summed E-state index contributed by atoms with van der Waals surface area (Å²) in [5.74, 6) is 0.708. The molecule has 0 aliphatic carbocycles. The highest BCUT2D eigenvalue weighted by atomic mass is 16.5. The topological polar surface area (TPSA) is 24.5 Å². The Bertz CT molecular complexity index is 404. The molecular formula is C18H30N2O. The van der Waals surface area contributed by atoms with Crippen LogP contribution >= 0.6 is 0 Å². The number of rotatable bonds is 8. The largest absolute Gasteiger partial charge is 0.384 e. The molecule has 0 bridgehead atoms. The van der Waals surface area contributed by atoms with E-state index in [9.17, 15) is 0 Å². The Morgan fingerprint density at radius 2 is 2.10 bits per heavy atom. The molecule has 0 saturated carbocycles. The first kappa shape index (κ1) is 16.5. The van der Waals surface area contributed by atoms with Gasteiger partial charge in [-0.3, -0.25) is 0 Å². The average molecular weight is 290 g/mol. The van der Waals surface area contributed by atoms with Gasteiger partial charge in [0.1, 0.15) is 0 Å². The SMILES string of the molecule is CCCNC(CN1CCC(COC)C1)c1ccc(C)cc1.